The third-order valence-electron chi connectivity index (χ3n) is 10.2. The van der Waals surface area contributed by atoms with Crippen LogP contribution in [0, 0.1) is 0 Å². The lowest BCUT2D eigenvalue weighted by Crippen LogP contribution is -2.10. The molecule has 0 unspecified atom stereocenters. The second kappa shape index (κ2) is 10.4. The van der Waals surface area contributed by atoms with Crippen LogP contribution in [0.5, 0.6) is 0 Å². The molecule has 8 aromatic carbocycles. The maximum atomic E-state index is 6.52. The SMILES string of the molecule is c1ccc(-n2c3ccccc3c3cc(N(c4ccc5oc6ccccc6c5c4)c4ccc5ccc6c7ccccc7oc6c5c4)ccc32)cc1. The number of para-hydroxylation sites is 4. The maximum Gasteiger partial charge on any atom is 0.143 e. The van der Waals surface area contributed by atoms with Crippen molar-refractivity contribution in [2.75, 3.05) is 4.90 Å². The van der Waals surface area contributed by atoms with E-state index < -0.39 is 0 Å². The average Bonchev–Trinajstić information content (AvgIpc) is 3.85. The highest BCUT2D eigenvalue weighted by Gasteiger charge is 2.20. The topological polar surface area (TPSA) is 34.5 Å². The van der Waals surface area contributed by atoms with Crippen LogP contribution in [-0.4, -0.2) is 4.57 Å². The molecule has 11 aromatic rings. The van der Waals surface area contributed by atoms with Crippen molar-refractivity contribution in [1.29, 1.82) is 0 Å². The molecule has 0 saturated heterocycles. The van der Waals surface area contributed by atoms with Crippen molar-refractivity contribution >= 4 is 93.5 Å². The average molecular weight is 641 g/mol. The summed E-state index contributed by atoms with van der Waals surface area (Å²) in [6, 6.07) is 60.2. The molecule has 4 heteroatoms. The standard InChI is InChI=1S/C46H28N2O2/c1-2-10-30(11-3-1)48-41-15-7-4-12-34(41)39-27-32(21-24-42(39)48)47(33-22-25-45-40(28-33)36-14-6-8-16-43(36)49-45)31-20-18-29-19-23-37-35-13-5-9-17-44(35)50-46(37)38(29)26-31/h1-28H. The predicted molar refractivity (Wildman–Crippen MR) is 208 cm³/mol. The van der Waals surface area contributed by atoms with Crippen LogP contribution in [0.25, 0.3) is 82.1 Å². The van der Waals surface area contributed by atoms with Crippen molar-refractivity contribution < 1.29 is 8.83 Å². The van der Waals surface area contributed by atoms with Crippen LogP contribution in [0.15, 0.2) is 179 Å². The smallest absolute Gasteiger partial charge is 0.143 e. The van der Waals surface area contributed by atoms with E-state index in [2.05, 4.69) is 155 Å². The molecule has 234 valence electrons. The van der Waals surface area contributed by atoms with Gasteiger partial charge in [-0.15, -0.1) is 0 Å². The molecule has 3 aromatic heterocycles. The van der Waals surface area contributed by atoms with Gasteiger partial charge in [0.15, 0.2) is 0 Å². The van der Waals surface area contributed by atoms with Crippen molar-refractivity contribution in [2.24, 2.45) is 0 Å². The summed E-state index contributed by atoms with van der Waals surface area (Å²) in [6.45, 7) is 0. The predicted octanol–water partition coefficient (Wildman–Crippen LogP) is 13.2. The van der Waals surface area contributed by atoms with Gasteiger partial charge in [0.25, 0.3) is 0 Å². The van der Waals surface area contributed by atoms with E-state index in [-0.39, 0.29) is 0 Å². The molecular formula is C46H28N2O2. The van der Waals surface area contributed by atoms with E-state index in [1.807, 2.05) is 24.3 Å². The largest absolute Gasteiger partial charge is 0.456 e. The van der Waals surface area contributed by atoms with Gasteiger partial charge in [-0.05, 0) is 90.3 Å². The summed E-state index contributed by atoms with van der Waals surface area (Å²) >= 11 is 0. The van der Waals surface area contributed by atoms with Gasteiger partial charge in [0, 0.05) is 60.5 Å². The van der Waals surface area contributed by atoms with Gasteiger partial charge in [-0.1, -0.05) is 84.9 Å². The monoisotopic (exact) mass is 640 g/mol. The van der Waals surface area contributed by atoms with Crippen molar-refractivity contribution in [3.05, 3.63) is 170 Å². The number of rotatable bonds is 4. The van der Waals surface area contributed by atoms with E-state index in [1.165, 1.54) is 21.8 Å². The number of hydrogen-bond acceptors (Lipinski definition) is 3. The number of nitrogens with zero attached hydrogens (tertiary/aromatic N) is 2. The van der Waals surface area contributed by atoms with E-state index >= 15 is 0 Å². The highest BCUT2D eigenvalue weighted by atomic mass is 16.3. The second-order valence-electron chi connectivity index (χ2n) is 12.9. The quantitative estimate of drug-likeness (QED) is 0.192. The van der Waals surface area contributed by atoms with Crippen LogP contribution >= 0.6 is 0 Å². The van der Waals surface area contributed by atoms with Gasteiger partial charge in [-0.2, -0.15) is 0 Å². The molecule has 0 aliphatic heterocycles. The van der Waals surface area contributed by atoms with Gasteiger partial charge < -0.3 is 18.3 Å². The fourth-order valence-electron chi connectivity index (χ4n) is 7.88. The maximum absolute atomic E-state index is 6.52. The van der Waals surface area contributed by atoms with Gasteiger partial charge in [-0.25, -0.2) is 0 Å². The van der Waals surface area contributed by atoms with E-state index in [4.69, 9.17) is 8.83 Å². The minimum Gasteiger partial charge on any atom is -0.456 e. The van der Waals surface area contributed by atoms with Crippen molar-refractivity contribution in [3.8, 4) is 5.69 Å². The Kier molecular flexibility index (Phi) is 5.63. The van der Waals surface area contributed by atoms with E-state index in [1.54, 1.807) is 0 Å². The Labute approximate surface area is 286 Å². The van der Waals surface area contributed by atoms with Gasteiger partial charge in [-0.3, -0.25) is 0 Å². The number of hydrogen-bond donors (Lipinski definition) is 0. The summed E-state index contributed by atoms with van der Waals surface area (Å²) in [4.78, 5) is 2.36. The zero-order valence-electron chi connectivity index (χ0n) is 26.9. The number of anilines is 3. The first-order valence-corrected chi connectivity index (χ1v) is 16.9. The Morgan fingerprint density at radius 2 is 0.920 bits per heavy atom. The number of aromatic nitrogens is 1. The lowest BCUT2D eigenvalue weighted by Gasteiger charge is -2.26. The summed E-state index contributed by atoms with van der Waals surface area (Å²) in [5.41, 5.74) is 10.2. The fourth-order valence-corrected chi connectivity index (χ4v) is 7.88. The Balaban J connectivity index is 1.19. The Morgan fingerprint density at radius 3 is 1.74 bits per heavy atom. The normalized spacial score (nSPS) is 12.0. The Morgan fingerprint density at radius 1 is 0.360 bits per heavy atom. The first kappa shape index (κ1) is 27.2. The number of furan rings is 2. The first-order chi connectivity index (χ1) is 24.8. The molecule has 0 atom stereocenters. The molecule has 0 N–H and O–H groups in total. The fraction of sp³-hybridized carbons (Fsp3) is 0. The molecule has 0 aliphatic rings. The van der Waals surface area contributed by atoms with Gasteiger partial charge in [0.1, 0.15) is 22.3 Å². The Bertz CT molecular complexity index is 3110. The lowest BCUT2D eigenvalue weighted by molar-refractivity contribution is 0.669. The third kappa shape index (κ3) is 3.93. The molecule has 0 bridgehead atoms. The minimum atomic E-state index is 0.874. The zero-order chi connectivity index (χ0) is 32.8. The summed E-state index contributed by atoms with van der Waals surface area (Å²) in [7, 11) is 0. The first-order valence-electron chi connectivity index (χ1n) is 16.9. The van der Waals surface area contributed by atoms with Gasteiger partial charge in [0.05, 0.1) is 11.0 Å². The lowest BCUT2D eigenvalue weighted by atomic mass is 10.0. The van der Waals surface area contributed by atoms with Crippen LogP contribution < -0.4 is 4.90 Å². The van der Waals surface area contributed by atoms with Crippen LogP contribution in [-0.2, 0) is 0 Å². The molecule has 0 saturated carbocycles. The van der Waals surface area contributed by atoms with Crippen molar-refractivity contribution in [2.45, 2.75) is 0 Å². The van der Waals surface area contributed by atoms with Crippen molar-refractivity contribution in [1.82, 2.24) is 4.57 Å². The number of fused-ring (bicyclic) bond motifs is 11. The van der Waals surface area contributed by atoms with Crippen LogP contribution in [0.4, 0.5) is 17.1 Å². The molecule has 11 rings (SSSR count). The highest BCUT2D eigenvalue weighted by molar-refractivity contribution is 6.16. The molecule has 0 fully saturated rings. The molecule has 0 spiro atoms. The summed E-state index contributed by atoms with van der Waals surface area (Å²) < 4.78 is 15.1. The molecule has 0 amide bonds. The molecule has 0 aliphatic carbocycles. The summed E-state index contributed by atoms with van der Waals surface area (Å²) in [6.07, 6.45) is 0. The molecule has 4 nitrogen and oxygen atoms in total. The van der Waals surface area contributed by atoms with E-state index in [0.717, 1.165) is 77.4 Å². The third-order valence-corrected chi connectivity index (χ3v) is 10.2. The van der Waals surface area contributed by atoms with Crippen molar-refractivity contribution in [3.63, 3.8) is 0 Å². The molecule has 3 heterocycles. The summed E-state index contributed by atoms with van der Waals surface area (Å²) in [5, 5.41) is 9.07. The van der Waals surface area contributed by atoms with Crippen LogP contribution in [0.1, 0.15) is 0 Å². The van der Waals surface area contributed by atoms with Gasteiger partial charge >= 0.3 is 0 Å². The van der Waals surface area contributed by atoms with Gasteiger partial charge in [0.2, 0.25) is 0 Å². The second-order valence-corrected chi connectivity index (χ2v) is 12.9. The summed E-state index contributed by atoms with van der Waals surface area (Å²) in [5.74, 6) is 0. The highest BCUT2D eigenvalue weighted by Crippen LogP contribution is 2.43. The minimum absolute atomic E-state index is 0.874. The zero-order valence-corrected chi connectivity index (χ0v) is 26.9. The molecule has 0 radical (unpaired) electrons. The molecule has 50 heavy (non-hydrogen) atoms. The number of benzene rings is 8. The van der Waals surface area contributed by atoms with Crippen LogP contribution in [0.2, 0.25) is 0 Å². The van der Waals surface area contributed by atoms with Crippen LogP contribution in [0.3, 0.4) is 0 Å². The van der Waals surface area contributed by atoms with E-state index in [9.17, 15) is 0 Å². The Hall–Kier alpha value is -6.78. The molecular weight excluding hydrogens is 613 g/mol. The van der Waals surface area contributed by atoms with E-state index in [0.29, 0.717) is 0 Å².